The Kier molecular flexibility index (Phi) is 7.40. The van der Waals surface area contributed by atoms with E-state index in [1.165, 1.54) is 12.1 Å². The molecule has 3 heterocycles. The van der Waals surface area contributed by atoms with Crippen LogP contribution in [0.4, 0.5) is 10.2 Å². The van der Waals surface area contributed by atoms with Crippen LogP contribution in [0.15, 0.2) is 48.5 Å². The normalized spacial score (nSPS) is 14.4. The minimum Gasteiger partial charge on any atom is -0.354 e. The molecule has 0 atom stereocenters. The average Bonchev–Trinajstić information content (AvgIpc) is 3.07. The molecule has 1 aliphatic rings. The first-order valence-corrected chi connectivity index (χ1v) is 13.4. The first-order chi connectivity index (χ1) is 18.3. The Labute approximate surface area is 223 Å². The second kappa shape index (κ2) is 10.9. The largest absolute Gasteiger partial charge is 0.354 e. The van der Waals surface area contributed by atoms with E-state index in [0.29, 0.717) is 25.6 Å². The topological polar surface area (TPSA) is 67.2 Å². The van der Waals surface area contributed by atoms with Gasteiger partial charge in [-0.15, -0.1) is 0 Å². The summed E-state index contributed by atoms with van der Waals surface area (Å²) in [5, 5.41) is 5.70. The van der Waals surface area contributed by atoms with Crippen molar-refractivity contribution < 1.29 is 9.18 Å². The van der Waals surface area contributed by atoms with Crippen LogP contribution in [0, 0.1) is 25.6 Å². The number of amides is 1. The summed E-state index contributed by atoms with van der Waals surface area (Å²) in [5.74, 6) is 1.95. The van der Waals surface area contributed by atoms with Gasteiger partial charge >= 0.3 is 0 Å². The minimum absolute atomic E-state index is 0.0672. The number of hydrogen-bond donors (Lipinski definition) is 0. The van der Waals surface area contributed by atoms with Gasteiger partial charge in [0.25, 0.3) is 5.91 Å². The summed E-state index contributed by atoms with van der Waals surface area (Å²) in [5.41, 5.74) is 4.18. The summed E-state index contributed by atoms with van der Waals surface area (Å²) in [6.45, 7) is 11.2. The SMILES string of the molecule is Cc1ccc(C(=O)N2CCCN(c3nc(CCC(C)C)nc4c3c(C)nn4-c3ccc(F)cc3)CC2)cc1. The molecule has 1 fully saturated rings. The fourth-order valence-corrected chi connectivity index (χ4v) is 4.94. The van der Waals surface area contributed by atoms with E-state index in [4.69, 9.17) is 15.1 Å². The van der Waals surface area contributed by atoms with Gasteiger partial charge in [-0.05, 0) is 69.0 Å². The first kappa shape index (κ1) is 25.8. The van der Waals surface area contributed by atoms with Crippen LogP contribution in [-0.2, 0) is 6.42 Å². The molecular weight excluding hydrogens is 479 g/mol. The van der Waals surface area contributed by atoms with Gasteiger partial charge < -0.3 is 9.80 Å². The number of rotatable bonds is 6. The first-order valence-electron chi connectivity index (χ1n) is 13.4. The van der Waals surface area contributed by atoms with Gasteiger partial charge in [-0.1, -0.05) is 31.5 Å². The van der Waals surface area contributed by atoms with Crippen LogP contribution in [0.2, 0.25) is 0 Å². The number of halogens is 1. The highest BCUT2D eigenvalue weighted by Crippen LogP contribution is 2.30. The monoisotopic (exact) mass is 514 g/mol. The molecule has 0 saturated carbocycles. The molecule has 38 heavy (non-hydrogen) atoms. The number of benzene rings is 2. The number of anilines is 1. The van der Waals surface area contributed by atoms with E-state index in [1.54, 1.807) is 16.8 Å². The maximum Gasteiger partial charge on any atom is 0.253 e. The van der Waals surface area contributed by atoms with E-state index in [0.717, 1.165) is 71.0 Å². The molecule has 0 aliphatic carbocycles. The molecule has 2 aromatic carbocycles. The third-order valence-corrected chi connectivity index (χ3v) is 7.13. The van der Waals surface area contributed by atoms with Gasteiger partial charge in [-0.25, -0.2) is 19.0 Å². The van der Waals surface area contributed by atoms with Crippen LogP contribution in [-0.4, -0.2) is 56.7 Å². The van der Waals surface area contributed by atoms with Crippen molar-refractivity contribution >= 4 is 22.8 Å². The van der Waals surface area contributed by atoms with Crippen molar-refractivity contribution in [2.24, 2.45) is 5.92 Å². The number of fused-ring (bicyclic) bond motifs is 1. The summed E-state index contributed by atoms with van der Waals surface area (Å²) < 4.78 is 15.4. The highest BCUT2D eigenvalue weighted by molar-refractivity contribution is 5.94. The van der Waals surface area contributed by atoms with E-state index >= 15 is 0 Å². The molecule has 198 valence electrons. The van der Waals surface area contributed by atoms with Crippen LogP contribution < -0.4 is 4.90 Å². The number of aromatic nitrogens is 4. The van der Waals surface area contributed by atoms with Gasteiger partial charge in [-0.3, -0.25) is 4.79 Å². The highest BCUT2D eigenvalue weighted by Gasteiger charge is 2.25. The van der Waals surface area contributed by atoms with Gasteiger partial charge in [0.2, 0.25) is 0 Å². The Morgan fingerprint density at radius 1 is 0.947 bits per heavy atom. The molecule has 0 radical (unpaired) electrons. The Morgan fingerprint density at radius 3 is 2.39 bits per heavy atom. The van der Waals surface area contributed by atoms with Crippen molar-refractivity contribution in [2.45, 2.75) is 47.0 Å². The van der Waals surface area contributed by atoms with Crippen LogP contribution in [0.5, 0.6) is 0 Å². The van der Waals surface area contributed by atoms with Crippen LogP contribution in [0.25, 0.3) is 16.7 Å². The summed E-state index contributed by atoms with van der Waals surface area (Å²) in [6.07, 6.45) is 2.59. The molecule has 1 aliphatic heterocycles. The van der Waals surface area contributed by atoms with Crippen LogP contribution in [0.3, 0.4) is 0 Å². The van der Waals surface area contributed by atoms with Crippen molar-refractivity contribution in [3.05, 3.63) is 77.0 Å². The molecule has 7 nitrogen and oxygen atoms in total. The summed E-state index contributed by atoms with van der Waals surface area (Å²) in [7, 11) is 0. The van der Waals surface area contributed by atoms with Crippen molar-refractivity contribution in [3.8, 4) is 5.69 Å². The molecule has 0 N–H and O–H groups in total. The zero-order valence-corrected chi connectivity index (χ0v) is 22.6. The third kappa shape index (κ3) is 5.39. The second-order valence-electron chi connectivity index (χ2n) is 10.6. The molecule has 2 aromatic heterocycles. The summed E-state index contributed by atoms with van der Waals surface area (Å²) >= 11 is 0. The van der Waals surface area contributed by atoms with E-state index in [-0.39, 0.29) is 11.7 Å². The smallest absolute Gasteiger partial charge is 0.253 e. The van der Waals surface area contributed by atoms with E-state index in [1.807, 2.05) is 43.0 Å². The zero-order chi connectivity index (χ0) is 26.8. The van der Waals surface area contributed by atoms with Crippen molar-refractivity contribution in [1.29, 1.82) is 0 Å². The lowest BCUT2D eigenvalue weighted by Crippen LogP contribution is -2.35. The standard InChI is InChI=1S/C30H35FN6O/c1-20(2)6-15-26-32-28(27-22(4)34-37(29(27)33-26)25-13-11-24(31)12-14-25)35-16-5-17-36(19-18-35)30(38)23-9-7-21(3)8-10-23/h7-14,20H,5-6,15-19H2,1-4H3. The predicted molar refractivity (Wildman–Crippen MR) is 148 cm³/mol. The lowest BCUT2D eigenvalue weighted by molar-refractivity contribution is 0.0767. The minimum atomic E-state index is -0.288. The Morgan fingerprint density at radius 2 is 1.68 bits per heavy atom. The maximum atomic E-state index is 13.6. The quantitative estimate of drug-likeness (QED) is 0.339. The molecule has 1 saturated heterocycles. The average molecular weight is 515 g/mol. The van der Waals surface area contributed by atoms with Crippen LogP contribution in [0.1, 0.15) is 54.1 Å². The van der Waals surface area contributed by atoms with Gasteiger partial charge in [-0.2, -0.15) is 5.10 Å². The molecular formula is C30H35FN6O. The second-order valence-corrected chi connectivity index (χ2v) is 10.6. The van der Waals surface area contributed by atoms with Gasteiger partial charge in [0.15, 0.2) is 5.65 Å². The summed E-state index contributed by atoms with van der Waals surface area (Å²) in [6, 6.07) is 14.1. The summed E-state index contributed by atoms with van der Waals surface area (Å²) in [4.78, 5) is 27.4. The number of hydrogen-bond acceptors (Lipinski definition) is 5. The highest BCUT2D eigenvalue weighted by atomic mass is 19.1. The molecule has 4 aromatic rings. The van der Waals surface area contributed by atoms with Crippen molar-refractivity contribution in [2.75, 3.05) is 31.1 Å². The van der Waals surface area contributed by atoms with Crippen molar-refractivity contribution in [1.82, 2.24) is 24.6 Å². The molecule has 0 spiro atoms. The van der Waals surface area contributed by atoms with Gasteiger partial charge in [0, 0.05) is 38.2 Å². The lowest BCUT2D eigenvalue weighted by Gasteiger charge is -2.24. The fourth-order valence-electron chi connectivity index (χ4n) is 4.94. The molecule has 0 unspecified atom stereocenters. The zero-order valence-electron chi connectivity index (χ0n) is 22.6. The predicted octanol–water partition coefficient (Wildman–Crippen LogP) is 5.51. The Hall–Kier alpha value is -3.81. The van der Waals surface area contributed by atoms with Gasteiger partial charge in [0.05, 0.1) is 16.8 Å². The number of nitrogens with zero attached hydrogens (tertiary/aromatic N) is 6. The van der Waals surface area contributed by atoms with E-state index in [2.05, 4.69) is 18.7 Å². The van der Waals surface area contributed by atoms with Crippen LogP contribution >= 0.6 is 0 Å². The molecule has 8 heteroatoms. The number of carbonyl (C=O) groups is 1. The van der Waals surface area contributed by atoms with E-state index < -0.39 is 0 Å². The maximum absolute atomic E-state index is 13.6. The van der Waals surface area contributed by atoms with Crippen molar-refractivity contribution in [3.63, 3.8) is 0 Å². The Balaban J connectivity index is 1.49. The number of carbonyl (C=O) groups excluding carboxylic acids is 1. The molecule has 1 amide bonds. The molecule has 5 rings (SSSR count). The fraction of sp³-hybridized carbons (Fsp3) is 0.400. The lowest BCUT2D eigenvalue weighted by atomic mass is 10.1. The van der Waals surface area contributed by atoms with Gasteiger partial charge in [0.1, 0.15) is 17.5 Å². The molecule has 0 bridgehead atoms. The number of aryl methyl sites for hydroxylation is 3. The Bertz CT molecular complexity index is 1430. The van der Waals surface area contributed by atoms with E-state index in [9.17, 15) is 9.18 Å². The third-order valence-electron chi connectivity index (χ3n) is 7.13.